The molecule has 1 fully saturated rings. The largest absolute Gasteiger partial charge is 0.368 e. The van der Waals surface area contributed by atoms with Gasteiger partial charge < -0.3 is 10.2 Å². The molecule has 1 aliphatic heterocycles. The molecule has 0 spiro atoms. The first-order valence-electron chi connectivity index (χ1n) is 9.58. The Morgan fingerprint density at radius 2 is 1.86 bits per heavy atom. The van der Waals surface area contributed by atoms with Crippen molar-refractivity contribution in [3.8, 4) is 0 Å². The molecule has 0 radical (unpaired) electrons. The number of piperazine rings is 1. The molecule has 1 amide bonds. The van der Waals surface area contributed by atoms with Crippen LogP contribution in [-0.4, -0.2) is 43.0 Å². The van der Waals surface area contributed by atoms with Crippen LogP contribution < -0.4 is 10.2 Å². The maximum atomic E-state index is 13.0. The van der Waals surface area contributed by atoms with Crippen molar-refractivity contribution in [2.45, 2.75) is 25.9 Å². The quantitative estimate of drug-likeness (QED) is 0.535. The second kappa shape index (κ2) is 8.15. The first-order chi connectivity index (χ1) is 13.8. The summed E-state index contributed by atoms with van der Waals surface area (Å²) in [6.45, 7) is 6.44. The average Bonchev–Trinajstić information content (AvgIpc) is 3.12. The molecule has 4 rings (SSSR count). The zero-order valence-electron chi connectivity index (χ0n) is 16.6. The number of benzene rings is 2. The van der Waals surface area contributed by atoms with E-state index in [-0.39, 0.29) is 5.91 Å². The van der Waals surface area contributed by atoms with E-state index in [9.17, 15) is 4.79 Å². The number of hydrogen-bond donors (Lipinski definition) is 1. The molecule has 0 bridgehead atoms. The minimum atomic E-state index is -0.183. The van der Waals surface area contributed by atoms with Gasteiger partial charge in [-0.3, -0.25) is 9.69 Å². The van der Waals surface area contributed by atoms with Crippen LogP contribution in [0.2, 0.25) is 10.0 Å². The van der Waals surface area contributed by atoms with Crippen molar-refractivity contribution in [1.29, 1.82) is 0 Å². The lowest BCUT2D eigenvalue weighted by Gasteiger charge is -2.43. The van der Waals surface area contributed by atoms with Gasteiger partial charge >= 0.3 is 0 Å². The number of nitrogens with zero attached hydrogens (tertiary/aromatic N) is 2. The highest BCUT2D eigenvalue weighted by atomic mass is 35.5. The number of fused-ring (bicyclic) bond motifs is 1. The van der Waals surface area contributed by atoms with Crippen LogP contribution in [0.15, 0.2) is 41.8 Å². The predicted octanol–water partition coefficient (Wildman–Crippen LogP) is 5.99. The standard InChI is InChI=1S/C22H23Cl2N3OS/c1-13-10-27(11-14(2)26(13)3)15-7-8-20-16(9-15)17(12-29-20)22(28)25-19-6-4-5-18(23)21(19)24/h4-9,12-14H,10-11H2,1-3H3,(H,25,28)/t13-,14+. The summed E-state index contributed by atoms with van der Waals surface area (Å²) < 4.78 is 1.09. The van der Waals surface area contributed by atoms with Crippen LogP contribution in [0.1, 0.15) is 24.2 Å². The Morgan fingerprint density at radius 3 is 2.59 bits per heavy atom. The number of anilines is 2. The van der Waals surface area contributed by atoms with E-state index in [2.05, 4.69) is 54.2 Å². The Hall–Kier alpha value is -1.79. The second-order valence-electron chi connectivity index (χ2n) is 7.65. The fourth-order valence-electron chi connectivity index (χ4n) is 3.79. The van der Waals surface area contributed by atoms with E-state index in [1.54, 1.807) is 29.5 Å². The highest BCUT2D eigenvalue weighted by Gasteiger charge is 2.27. The predicted molar refractivity (Wildman–Crippen MR) is 125 cm³/mol. The van der Waals surface area contributed by atoms with Gasteiger partial charge in [0.05, 0.1) is 21.3 Å². The third-order valence-corrected chi connectivity index (χ3v) is 7.51. The molecule has 1 aromatic heterocycles. The van der Waals surface area contributed by atoms with Crippen molar-refractivity contribution < 1.29 is 4.79 Å². The minimum absolute atomic E-state index is 0.183. The van der Waals surface area contributed by atoms with Gasteiger partial charge in [-0.1, -0.05) is 29.3 Å². The van der Waals surface area contributed by atoms with Gasteiger partial charge in [-0.2, -0.15) is 0 Å². The molecular weight excluding hydrogens is 425 g/mol. The third kappa shape index (κ3) is 3.97. The summed E-state index contributed by atoms with van der Waals surface area (Å²) >= 11 is 13.9. The normalized spacial score (nSPS) is 20.2. The summed E-state index contributed by atoms with van der Waals surface area (Å²) in [5.74, 6) is -0.183. The van der Waals surface area contributed by atoms with E-state index in [1.807, 2.05) is 5.38 Å². The van der Waals surface area contributed by atoms with Gasteiger partial charge in [0.15, 0.2) is 0 Å². The SMILES string of the molecule is C[C@@H]1CN(c2ccc3scc(C(=O)Nc4cccc(Cl)c4Cl)c3c2)C[C@H](C)N1C. The van der Waals surface area contributed by atoms with E-state index in [4.69, 9.17) is 23.2 Å². The van der Waals surface area contributed by atoms with Crippen LogP contribution in [0.3, 0.4) is 0 Å². The Balaban J connectivity index is 1.63. The fourth-order valence-corrected chi connectivity index (χ4v) is 5.06. The van der Waals surface area contributed by atoms with Gasteiger partial charge in [-0.25, -0.2) is 0 Å². The van der Waals surface area contributed by atoms with Gasteiger partial charge in [0, 0.05) is 46.3 Å². The summed E-state index contributed by atoms with van der Waals surface area (Å²) in [6.07, 6.45) is 0. The molecule has 29 heavy (non-hydrogen) atoms. The van der Waals surface area contributed by atoms with E-state index in [1.165, 1.54) is 0 Å². The van der Waals surface area contributed by atoms with Crippen molar-refractivity contribution in [3.05, 3.63) is 57.4 Å². The number of hydrogen-bond acceptors (Lipinski definition) is 4. The van der Waals surface area contributed by atoms with E-state index >= 15 is 0 Å². The molecule has 0 saturated carbocycles. The van der Waals surface area contributed by atoms with Crippen molar-refractivity contribution in [2.75, 3.05) is 30.4 Å². The molecule has 0 aliphatic carbocycles. The molecule has 1 saturated heterocycles. The third-order valence-electron chi connectivity index (χ3n) is 5.73. The van der Waals surface area contributed by atoms with Crippen molar-refractivity contribution in [2.24, 2.45) is 0 Å². The molecule has 0 unspecified atom stereocenters. The molecule has 1 N–H and O–H groups in total. The molecule has 2 atom stereocenters. The maximum Gasteiger partial charge on any atom is 0.257 e. The van der Waals surface area contributed by atoms with Gasteiger partial charge in [-0.15, -0.1) is 11.3 Å². The Bertz CT molecular complexity index is 1060. The average molecular weight is 448 g/mol. The van der Waals surface area contributed by atoms with Crippen molar-refractivity contribution in [3.63, 3.8) is 0 Å². The van der Waals surface area contributed by atoms with Crippen LogP contribution in [0, 0.1) is 0 Å². The molecule has 1 aliphatic rings. The number of carbonyl (C=O) groups excluding carboxylic acids is 1. The molecule has 3 aromatic rings. The molecule has 152 valence electrons. The van der Waals surface area contributed by atoms with Gasteiger partial charge in [0.2, 0.25) is 0 Å². The summed E-state index contributed by atoms with van der Waals surface area (Å²) in [7, 11) is 2.18. The topological polar surface area (TPSA) is 35.6 Å². The molecule has 4 nitrogen and oxygen atoms in total. The van der Waals surface area contributed by atoms with Crippen LogP contribution in [0.5, 0.6) is 0 Å². The number of amides is 1. The lowest BCUT2D eigenvalue weighted by Crippen LogP contribution is -2.55. The van der Waals surface area contributed by atoms with Gasteiger partial charge in [-0.05, 0) is 51.2 Å². The summed E-state index contributed by atoms with van der Waals surface area (Å²) in [5.41, 5.74) is 2.32. The summed E-state index contributed by atoms with van der Waals surface area (Å²) in [5, 5.41) is 6.52. The Labute approximate surface area is 185 Å². The number of likely N-dealkylation sites (N-methyl/N-ethyl adjacent to an activating group) is 1. The van der Waals surface area contributed by atoms with E-state index in [0.29, 0.717) is 33.4 Å². The van der Waals surface area contributed by atoms with E-state index < -0.39 is 0 Å². The Kier molecular flexibility index (Phi) is 5.76. The summed E-state index contributed by atoms with van der Waals surface area (Å²) in [4.78, 5) is 17.8. The smallest absolute Gasteiger partial charge is 0.257 e. The molecule has 2 heterocycles. The number of nitrogens with one attached hydrogen (secondary N) is 1. The number of carbonyl (C=O) groups is 1. The number of rotatable bonds is 3. The fraction of sp³-hybridized carbons (Fsp3) is 0.318. The highest BCUT2D eigenvalue weighted by Crippen LogP contribution is 2.34. The second-order valence-corrected chi connectivity index (χ2v) is 9.35. The van der Waals surface area contributed by atoms with Crippen LogP contribution in [-0.2, 0) is 0 Å². The lowest BCUT2D eigenvalue weighted by atomic mass is 10.1. The van der Waals surface area contributed by atoms with Crippen LogP contribution in [0.4, 0.5) is 11.4 Å². The zero-order chi connectivity index (χ0) is 20.7. The summed E-state index contributed by atoms with van der Waals surface area (Å²) in [6, 6.07) is 12.6. The van der Waals surface area contributed by atoms with Gasteiger partial charge in [0.1, 0.15) is 0 Å². The molecule has 2 aromatic carbocycles. The van der Waals surface area contributed by atoms with Gasteiger partial charge in [0.25, 0.3) is 5.91 Å². The zero-order valence-corrected chi connectivity index (χ0v) is 18.9. The number of halogens is 2. The Morgan fingerprint density at radius 1 is 1.14 bits per heavy atom. The van der Waals surface area contributed by atoms with Crippen LogP contribution in [0.25, 0.3) is 10.1 Å². The molecule has 7 heteroatoms. The lowest BCUT2D eigenvalue weighted by molar-refractivity contribution is 0.102. The minimum Gasteiger partial charge on any atom is -0.368 e. The highest BCUT2D eigenvalue weighted by molar-refractivity contribution is 7.17. The monoisotopic (exact) mass is 447 g/mol. The van der Waals surface area contributed by atoms with Crippen molar-refractivity contribution >= 4 is 61.9 Å². The van der Waals surface area contributed by atoms with Crippen molar-refractivity contribution in [1.82, 2.24) is 4.90 Å². The number of thiophene rings is 1. The first-order valence-corrected chi connectivity index (χ1v) is 11.2. The molecular formula is C22H23Cl2N3OS. The maximum absolute atomic E-state index is 13.0. The van der Waals surface area contributed by atoms with E-state index in [0.717, 1.165) is 28.9 Å². The first kappa shape index (κ1) is 20.5. The van der Waals surface area contributed by atoms with Crippen LogP contribution >= 0.6 is 34.5 Å².